The molecule has 0 spiro atoms. The lowest BCUT2D eigenvalue weighted by molar-refractivity contribution is -0.206. The van der Waals surface area contributed by atoms with Crippen LogP contribution in [0.1, 0.15) is 79.8 Å². The Morgan fingerprint density at radius 1 is 0.443 bits per heavy atom. The van der Waals surface area contributed by atoms with E-state index in [4.69, 9.17) is 9.47 Å². The van der Waals surface area contributed by atoms with E-state index in [1.54, 1.807) is 46.2 Å². The Morgan fingerprint density at radius 2 is 0.800 bits per heavy atom. The fourth-order valence-electron chi connectivity index (χ4n) is 10.9. The molecule has 4 aliphatic heterocycles. The van der Waals surface area contributed by atoms with Crippen LogP contribution in [0.4, 0.5) is 0 Å². The Morgan fingerprint density at radius 3 is 1.17 bits per heavy atom. The summed E-state index contributed by atoms with van der Waals surface area (Å²) >= 11 is 0. The van der Waals surface area contributed by atoms with Gasteiger partial charge in [-0.1, -0.05) is 170 Å². The first-order valence-electron chi connectivity index (χ1n) is 24.6. The maximum absolute atomic E-state index is 14.9. The molecule has 0 aromatic heterocycles. The highest BCUT2D eigenvalue weighted by Crippen LogP contribution is 2.46. The van der Waals surface area contributed by atoms with Crippen LogP contribution in [-0.4, -0.2) is 95.7 Å². The Hall–Kier alpha value is -7.40. The second-order valence-corrected chi connectivity index (χ2v) is 18.7. The predicted molar refractivity (Wildman–Crippen MR) is 271 cm³/mol. The van der Waals surface area contributed by atoms with Crippen LogP contribution in [-0.2, 0) is 43.4 Å². The summed E-state index contributed by atoms with van der Waals surface area (Å²) in [6.45, 7) is 5.28. The summed E-state index contributed by atoms with van der Waals surface area (Å²) in [4.78, 5) is 67.0. The lowest BCUT2D eigenvalue weighted by Crippen LogP contribution is -2.53. The topological polar surface area (TPSA) is 99.7 Å². The van der Waals surface area contributed by atoms with Gasteiger partial charge in [0, 0.05) is 87.5 Å². The van der Waals surface area contributed by atoms with Crippen molar-refractivity contribution in [2.45, 2.75) is 50.0 Å². The number of esters is 2. The SMILES string of the molecule is O=C(OC1(Cc2ccccc2)c2ccccc2C(=O)N1CCCN1CC=C(c2ccccc2)CC1)C(=O)OC1(Cc2ccccc2)c2ccccc2C(=O)N1CCCN1CC=C(c2ccccc2)CC1. The van der Waals surface area contributed by atoms with Crippen molar-refractivity contribution < 1.29 is 28.7 Å². The average molecular weight is 931 g/mol. The van der Waals surface area contributed by atoms with Crippen LogP contribution in [0, 0.1) is 0 Å². The quantitative estimate of drug-likeness (QED) is 0.0700. The second kappa shape index (κ2) is 20.7. The highest BCUT2D eigenvalue weighted by Gasteiger charge is 2.56. The van der Waals surface area contributed by atoms with E-state index in [-0.39, 0.29) is 37.7 Å². The van der Waals surface area contributed by atoms with E-state index in [0.717, 1.165) is 50.1 Å². The number of fused-ring (bicyclic) bond motifs is 2. The first kappa shape index (κ1) is 46.3. The Bertz CT molecular complexity index is 2710. The van der Waals surface area contributed by atoms with Crippen LogP contribution < -0.4 is 0 Å². The maximum Gasteiger partial charge on any atom is 0.419 e. The molecule has 4 aliphatic rings. The fourth-order valence-corrected chi connectivity index (χ4v) is 10.9. The summed E-state index contributed by atoms with van der Waals surface area (Å²) in [5, 5.41) is 0. The van der Waals surface area contributed by atoms with Gasteiger partial charge >= 0.3 is 11.9 Å². The molecule has 4 heterocycles. The van der Waals surface area contributed by atoms with Crippen LogP contribution in [0.3, 0.4) is 0 Å². The minimum atomic E-state index is -1.67. The van der Waals surface area contributed by atoms with Gasteiger partial charge in [-0.05, 0) is 71.2 Å². The molecule has 0 N–H and O–H groups in total. The van der Waals surface area contributed by atoms with E-state index < -0.39 is 23.4 Å². The molecule has 10 nitrogen and oxygen atoms in total. The molecule has 0 fully saturated rings. The van der Waals surface area contributed by atoms with Crippen molar-refractivity contribution >= 4 is 34.9 Å². The van der Waals surface area contributed by atoms with Crippen molar-refractivity contribution in [3.8, 4) is 0 Å². The van der Waals surface area contributed by atoms with Gasteiger partial charge in [-0.15, -0.1) is 0 Å². The highest BCUT2D eigenvalue weighted by molar-refractivity contribution is 6.30. The number of hydrogen-bond donors (Lipinski definition) is 0. The molecule has 10 rings (SSSR count). The molecular formula is C60H58N4O6. The van der Waals surface area contributed by atoms with Crippen molar-refractivity contribution in [1.29, 1.82) is 0 Å². The predicted octanol–water partition coefficient (Wildman–Crippen LogP) is 9.53. The third-order valence-corrected chi connectivity index (χ3v) is 14.4. The van der Waals surface area contributed by atoms with Crippen molar-refractivity contribution in [2.75, 3.05) is 52.4 Å². The molecule has 2 amide bonds. The van der Waals surface area contributed by atoms with Gasteiger partial charge in [0.15, 0.2) is 0 Å². The van der Waals surface area contributed by atoms with E-state index in [9.17, 15) is 19.2 Å². The first-order chi connectivity index (χ1) is 34.3. The Kier molecular flexibility index (Phi) is 13.7. The van der Waals surface area contributed by atoms with Crippen LogP contribution >= 0.6 is 0 Å². The van der Waals surface area contributed by atoms with Gasteiger partial charge in [-0.25, -0.2) is 9.59 Å². The highest BCUT2D eigenvalue weighted by atomic mass is 16.6. The van der Waals surface area contributed by atoms with Gasteiger partial charge < -0.3 is 9.47 Å². The zero-order valence-corrected chi connectivity index (χ0v) is 39.5. The zero-order valence-electron chi connectivity index (χ0n) is 39.5. The van der Waals surface area contributed by atoms with Crippen LogP contribution in [0.15, 0.2) is 182 Å². The number of hydrogen-bond acceptors (Lipinski definition) is 8. The molecular weight excluding hydrogens is 873 g/mol. The smallest absolute Gasteiger partial charge is 0.419 e. The van der Waals surface area contributed by atoms with Gasteiger partial charge in [0.2, 0.25) is 11.4 Å². The van der Waals surface area contributed by atoms with Crippen molar-refractivity contribution in [1.82, 2.24) is 19.6 Å². The average Bonchev–Trinajstić information content (AvgIpc) is 3.77. The summed E-state index contributed by atoms with van der Waals surface area (Å²) in [6, 6.07) is 54.4. The van der Waals surface area contributed by atoms with Crippen LogP contribution in [0.5, 0.6) is 0 Å². The lowest BCUT2D eigenvalue weighted by Gasteiger charge is -2.40. The molecule has 0 radical (unpaired) electrons. The van der Waals surface area contributed by atoms with Gasteiger partial charge in [-0.2, -0.15) is 0 Å². The summed E-state index contributed by atoms with van der Waals surface area (Å²) in [5.74, 6) is -3.06. The summed E-state index contributed by atoms with van der Waals surface area (Å²) in [7, 11) is 0. The minimum absolute atomic E-state index is 0.101. The normalized spacial score (nSPS) is 20.1. The van der Waals surface area contributed by atoms with Gasteiger partial charge in [0.05, 0.1) is 0 Å². The zero-order chi connectivity index (χ0) is 47.9. The number of nitrogens with zero attached hydrogens (tertiary/aromatic N) is 4. The van der Waals surface area contributed by atoms with Gasteiger partial charge in [0.25, 0.3) is 11.8 Å². The standard InChI is InChI=1S/C60H58N4O6/c65-55-51-27-13-15-29-53(51)59(43-45-19-5-1-6-20-45,63(55)37-17-35-61-39-31-49(32-40-61)47-23-9-3-10-24-47)69-57(67)58(68)70-60(44-46-21-7-2-8-22-46)54-30-16-14-28-52(54)56(66)64(60)38-18-36-62-41-33-50(34-42-62)48-25-11-4-12-26-48/h1-16,19-31,33H,17-18,32,34-44H2. The molecule has 6 aromatic rings. The molecule has 2 unspecified atom stereocenters. The summed E-state index contributed by atoms with van der Waals surface area (Å²) in [6.07, 6.45) is 7.79. The molecule has 0 saturated carbocycles. The van der Waals surface area contributed by atoms with E-state index in [1.807, 2.05) is 84.9 Å². The van der Waals surface area contributed by atoms with E-state index in [2.05, 4.69) is 70.5 Å². The number of carbonyl (C=O) groups excluding carboxylic acids is 4. The van der Waals surface area contributed by atoms with Gasteiger partial charge in [0.1, 0.15) is 0 Å². The second-order valence-electron chi connectivity index (χ2n) is 18.7. The number of benzene rings is 6. The third-order valence-electron chi connectivity index (χ3n) is 14.4. The van der Waals surface area contributed by atoms with Crippen molar-refractivity contribution in [3.05, 3.63) is 227 Å². The summed E-state index contributed by atoms with van der Waals surface area (Å²) < 4.78 is 13.2. The van der Waals surface area contributed by atoms with E-state index >= 15 is 0 Å². The summed E-state index contributed by atoms with van der Waals surface area (Å²) in [5.41, 5.74) is 5.24. The van der Waals surface area contributed by atoms with E-state index in [0.29, 0.717) is 48.2 Å². The molecule has 2 atom stereocenters. The maximum atomic E-state index is 14.9. The molecule has 70 heavy (non-hydrogen) atoms. The molecule has 0 saturated heterocycles. The molecule has 10 heteroatoms. The van der Waals surface area contributed by atoms with Gasteiger partial charge in [-0.3, -0.25) is 29.2 Å². The van der Waals surface area contributed by atoms with Crippen LogP contribution in [0.25, 0.3) is 11.1 Å². The molecule has 354 valence electrons. The molecule has 0 aliphatic carbocycles. The number of ether oxygens (including phenoxy) is 2. The van der Waals surface area contributed by atoms with Crippen molar-refractivity contribution in [3.63, 3.8) is 0 Å². The minimum Gasteiger partial charge on any atom is -0.426 e. The molecule has 6 aromatic carbocycles. The van der Waals surface area contributed by atoms with Crippen molar-refractivity contribution in [2.24, 2.45) is 0 Å². The third kappa shape index (κ3) is 9.49. The number of amides is 2. The fraction of sp³-hybridized carbons (Fsp3) is 0.267. The lowest BCUT2D eigenvalue weighted by atomic mass is 9.93. The largest absolute Gasteiger partial charge is 0.426 e. The Balaban J connectivity index is 0.924. The van der Waals surface area contributed by atoms with E-state index in [1.165, 1.54) is 22.3 Å². The first-order valence-corrected chi connectivity index (χ1v) is 24.6. The van der Waals surface area contributed by atoms with Crippen LogP contribution in [0.2, 0.25) is 0 Å². The Labute approximate surface area is 410 Å². The monoisotopic (exact) mass is 930 g/mol. The molecule has 0 bridgehead atoms. The number of carbonyl (C=O) groups is 4. The number of rotatable bonds is 16.